The van der Waals surface area contributed by atoms with Crippen LogP contribution in [-0.4, -0.2) is 14.6 Å². The molecule has 0 saturated heterocycles. The average molecular weight is 230 g/mol. The summed E-state index contributed by atoms with van der Waals surface area (Å²) in [5, 5.41) is 2.90. The predicted octanol–water partition coefficient (Wildman–Crippen LogP) is 2.31. The third-order valence-electron chi connectivity index (χ3n) is 2.84. The summed E-state index contributed by atoms with van der Waals surface area (Å²) in [6, 6.07) is 0. The molecule has 0 amide bonds. The summed E-state index contributed by atoms with van der Waals surface area (Å²) in [5.41, 5.74) is 2.80. The second kappa shape index (κ2) is 3.74. The number of fused-ring (bicyclic) bond motifs is 1. The minimum Gasteiger partial charge on any atom is -0.306 e. The highest BCUT2D eigenvalue weighted by Gasteiger charge is 2.17. The molecular weight excluding hydrogens is 216 g/mol. The Hall–Kier alpha value is -2.09. The number of rotatable bonds is 1. The highest BCUT2D eigenvalue weighted by molar-refractivity contribution is 5.71. The van der Waals surface area contributed by atoms with Gasteiger partial charge in [-0.15, -0.1) is 0 Å². The first-order chi connectivity index (χ1) is 7.97. The number of hydrogen-bond donors (Lipinski definition) is 1. The number of hydrogen-bond acceptors (Lipinski definition) is 2. The van der Waals surface area contributed by atoms with Crippen LogP contribution in [0.3, 0.4) is 0 Å². The largest absolute Gasteiger partial charge is 0.306 e. The highest BCUT2D eigenvalue weighted by atomic mass is 16.1. The topological polar surface area (TPSA) is 54.5 Å². The van der Waals surface area contributed by atoms with Crippen LogP contribution in [0.1, 0.15) is 36.7 Å². The van der Waals surface area contributed by atoms with E-state index in [0.717, 1.165) is 0 Å². The van der Waals surface area contributed by atoms with Crippen LogP contribution in [0.5, 0.6) is 0 Å². The van der Waals surface area contributed by atoms with Gasteiger partial charge < -0.3 is 5.10 Å². The first-order valence-corrected chi connectivity index (χ1v) is 5.46. The van der Waals surface area contributed by atoms with Gasteiger partial charge in [-0.25, -0.2) is 14.3 Å². The Bertz CT molecular complexity index is 685. The van der Waals surface area contributed by atoms with Crippen LogP contribution in [0.2, 0.25) is 0 Å². The Kier molecular flexibility index (Phi) is 2.50. The van der Waals surface area contributed by atoms with Crippen LogP contribution in [0, 0.1) is 20.4 Å². The number of H-pyrrole nitrogens is 1. The van der Waals surface area contributed by atoms with Crippen molar-refractivity contribution in [3.63, 3.8) is 0 Å². The minimum atomic E-state index is -0.111. The van der Waals surface area contributed by atoms with Crippen molar-refractivity contribution in [1.29, 1.82) is 0 Å². The molecule has 2 aromatic rings. The summed E-state index contributed by atoms with van der Waals surface area (Å²) in [6.07, 6.45) is 0. The van der Waals surface area contributed by atoms with Gasteiger partial charge in [-0.3, -0.25) is 4.79 Å². The second-order valence-corrected chi connectivity index (χ2v) is 4.43. The molecule has 88 valence electrons. The molecular formula is C12H14N4O. The van der Waals surface area contributed by atoms with E-state index in [2.05, 4.69) is 14.9 Å². The molecule has 0 fully saturated rings. The van der Waals surface area contributed by atoms with Gasteiger partial charge in [0.15, 0.2) is 5.65 Å². The van der Waals surface area contributed by atoms with Gasteiger partial charge >= 0.3 is 0 Å². The SMILES string of the molecule is [C-]#[N+]c1c(C)[nH]n2c(=O)c(C(C)C)c(C)nc12. The number of nitrogens with one attached hydrogen (secondary N) is 1. The first kappa shape index (κ1) is 11.4. The predicted molar refractivity (Wildman–Crippen MR) is 65.6 cm³/mol. The van der Waals surface area contributed by atoms with Gasteiger partial charge in [-0.1, -0.05) is 13.8 Å². The molecule has 0 aliphatic carbocycles. The lowest BCUT2D eigenvalue weighted by Crippen LogP contribution is -2.22. The van der Waals surface area contributed by atoms with E-state index in [4.69, 9.17) is 6.57 Å². The molecule has 0 radical (unpaired) electrons. The lowest BCUT2D eigenvalue weighted by atomic mass is 10.0. The van der Waals surface area contributed by atoms with Crippen molar-refractivity contribution < 1.29 is 0 Å². The third-order valence-corrected chi connectivity index (χ3v) is 2.84. The van der Waals surface area contributed by atoms with Crippen molar-refractivity contribution >= 4 is 11.3 Å². The van der Waals surface area contributed by atoms with Crippen LogP contribution in [-0.2, 0) is 0 Å². The van der Waals surface area contributed by atoms with E-state index in [-0.39, 0.29) is 11.5 Å². The maximum atomic E-state index is 12.3. The molecule has 0 bridgehead atoms. The molecule has 0 unspecified atom stereocenters. The van der Waals surface area contributed by atoms with Gasteiger partial charge in [0.1, 0.15) is 0 Å². The van der Waals surface area contributed by atoms with E-state index in [0.29, 0.717) is 28.3 Å². The molecule has 0 saturated carbocycles. The van der Waals surface area contributed by atoms with E-state index in [1.54, 1.807) is 6.92 Å². The summed E-state index contributed by atoms with van der Waals surface area (Å²) in [5.74, 6) is 0.117. The molecule has 17 heavy (non-hydrogen) atoms. The lowest BCUT2D eigenvalue weighted by molar-refractivity contribution is 0.776. The van der Waals surface area contributed by atoms with Gasteiger partial charge in [-0.2, -0.15) is 0 Å². The van der Waals surface area contributed by atoms with Crippen LogP contribution in [0.25, 0.3) is 10.5 Å². The lowest BCUT2D eigenvalue weighted by Gasteiger charge is -2.08. The molecule has 2 heterocycles. The van der Waals surface area contributed by atoms with Crippen LogP contribution in [0.4, 0.5) is 5.69 Å². The van der Waals surface area contributed by atoms with Gasteiger partial charge in [0.2, 0.25) is 0 Å². The number of nitrogens with zero attached hydrogens (tertiary/aromatic N) is 3. The van der Waals surface area contributed by atoms with E-state index < -0.39 is 0 Å². The zero-order chi connectivity index (χ0) is 12.7. The summed E-state index contributed by atoms with van der Waals surface area (Å²) in [6.45, 7) is 14.6. The molecule has 0 spiro atoms. The smallest absolute Gasteiger partial charge is 0.275 e. The average Bonchev–Trinajstić information content (AvgIpc) is 2.54. The van der Waals surface area contributed by atoms with E-state index >= 15 is 0 Å². The second-order valence-electron chi connectivity index (χ2n) is 4.43. The Labute approximate surface area is 98.9 Å². The van der Waals surface area contributed by atoms with Gasteiger partial charge in [0.25, 0.3) is 11.2 Å². The number of aromatic amines is 1. The van der Waals surface area contributed by atoms with Gasteiger partial charge in [-0.05, 0) is 19.8 Å². The minimum absolute atomic E-state index is 0.111. The van der Waals surface area contributed by atoms with Crippen molar-refractivity contribution in [2.75, 3.05) is 0 Å². The molecule has 2 aromatic heterocycles. The monoisotopic (exact) mass is 230 g/mol. The third kappa shape index (κ3) is 1.53. The van der Waals surface area contributed by atoms with Crippen molar-refractivity contribution in [1.82, 2.24) is 14.6 Å². The molecule has 2 rings (SSSR count). The zero-order valence-corrected chi connectivity index (χ0v) is 10.3. The molecule has 5 nitrogen and oxygen atoms in total. The summed E-state index contributed by atoms with van der Waals surface area (Å²) in [7, 11) is 0. The van der Waals surface area contributed by atoms with Crippen molar-refractivity contribution in [2.45, 2.75) is 33.6 Å². The van der Waals surface area contributed by atoms with E-state index in [9.17, 15) is 4.79 Å². The van der Waals surface area contributed by atoms with Crippen LogP contribution < -0.4 is 5.56 Å². The van der Waals surface area contributed by atoms with Gasteiger partial charge in [0, 0.05) is 17.0 Å². The Morgan fingerprint density at radius 3 is 2.59 bits per heavy atom. The summed E-state index contributed by atoms with van der Waals surface area (Å²) in [4.78, 5) is 20.0. The molecule has 0 aromatic carbocycles. The maximum Gasteiger partial charge on any atom is 0.275 e. The molecule has 0 aliphatic heterocycles. The molecule has 1 N–H and O–H groups in total. The zero-order valence-electron chi connectivity index (χ0n) is 10.3. The highest BCUT2D eigenvalue weighted by Crippen LogP contribution is 2.23. The Morgan fingerprint density at radius 2 is 2.06 bits per heavy atom. The fourth-order valence-corrected chi connectivity index (χ4v) is 2.09. The maximum absolute atomic E-state index is 12.3. The van der Waals surface area contributed by atoms with Crippen molar-refractivity contribution in [3.05, 3.63) is 38.7 Å². The summed E-state index contributed by atoms with van der Waals surface area (Å²) >= 11 is 0. The van der Waals surface area contributed by atoms with E-state index in [1.165, 1.54) is 4.52 Å². The quantitative estimate of drug-likeness (QED) is 0.764. The van der Waals surface area contributed by atoms with Crippen LogP contribution in [0.15, 0.2) is 4.79 Å². The van der Waals surface area contributed by atoms with Gasteiger partial charge in [0.05, 0.1) is 6.57 Å². The number of aromatic nitrogens is 3. The molecule has 0 aliphatic rings. The number of aryl methyl sites for hydroxylation is 2. The Balaban J connectivity index is 2.98. The standard InChI is InChI=1S/C12H14N4O/c1-6(2)9-7(3)14-11-10(13-5)8(4)15-16(11)12(9)17/h6,15H,1-4H3. The van der Waals surface area contributed by atoms with Crippen LogP contribution >= 0.6 is 0 Å². The summed E-state index contributed by atoms with van der Waals surface area (Å²) < 4.78 is 1.37. The van der Waals surface area contributed by atoms with E-state index in [1.807, 2.05) is 20.8 Å². The molecule has 5 heteroatoms. The molecule has 0 atom stereocenters. The Morgan fingerprint density at radius 1 is 1.41 bits per heavy atom. The van der Waals surface area contributed by atoms with Crippen molar-refractivity contribution in [2.24, 2.45) is 0 Å². The fourth-order valence-electron chi connectivity index (χ4n) is 2.09. The normalized spacial score (nSPS) is 11.1. The fraction of sp³-hybridized carbons (Fsp3) is 0.417. The van der Waals surface area contributed by atoms with Crippen molar-refractivity contribution in [3.8, 4) is 0 Å². The first-order valence-electron chi connectivity index (χ1n) is 5.46.